The SMILES string of the molecule is Fc1ccc(-c2oc3ccc(Cl)c(F)c3c2I)cc1. The lowest BCUT2D eigenvalue weighted by molar-refractivity contribution is 0.618. The molecule has 3 rings (SSSR count). The molecule has 0 saturated carbocycles. The van der Waals surface area contributed by atoms with Crippen molar-refractivity contribution in [1.82, 2.24) is 0 Å². The van der Waals surface area contributed by atoms with E-state index in [0.717, 1.165) is 0 Å². The van der Waals surface area contributed by atoms with Gasteiger partial charge >= 0.3 is 0 Å². The van der Waals surface area contributed by atoms with E-state index in [1.807, 2.05) is 22.6 Å². The van der Waals surface area contributed by atoms with E-state index in [4.69, 9.17) is 16.0 Å². The maximum Gasteiger partial charge on any atom is 0.153 e. The molecule has 0 fully saturated rings. The standard InChI is InChI=1S/C14H6ClF2IO/c15-9-5-6-10-11(12(9)17)13(18)14(19-10)7-1-3-8(16)4-2-7/h1-6H. The second kappa shape index (κ2) is 4.76. The number of hydrogen-bond donors (Lipinski definition) is 0. The smallest absolute Gasteiger partial charge is 0.153 e. The second-order valence-corrected chi connectivity index (χ2v) is 5.47. The quantitative estimate of drug-likeness (QED) is 0.490. The van der Waals surface area contributed by atoms with Crippen LogP contribution >= 0.6 is 34.2 Å². The van der Waals surface area contributed by atoms with Crippen molar-refractivity contribution in [3.8, 4) is 11.3 Å². The molecule has 0 aliphatic rings. The minimum atomic E-state index is -0.499. The fourth-order valence-electron chi connectivity index (χ4n) is 1.88. The highest BCUT2D eigenvalue weighted by Gasteiger charge is 2.18. The average molecular weight is 391 g/mol. The van der Waals surface area contributed by atoms with E-state index in [0.29, 0.717) is 25.9 Å². The van der Waals surface area contributed by atoms with Crippen molar-refractivity contribution >= 4 is 45.2 Å². The first-order valence-electron chi connectivity index (χ1n) is 5.40. The van der Waals surface area contributed by atoms with Gasteiger partial charge in [0.15, 0.2) is 5.82 Å². The Morgan fingerprint density at radius 1 is 1.00 bits per heavy atom. The average Bonchev–Trinajstić information content (AvgIpc) is 2.73. The molecule has 0 spiro atoms. The van der Waals surface area contributed by atoms with Gasteiger partial charge in [0.05, 0.1) is 14.0 Å². The third kappa shape index (κ3) is 2.12. The van der Waals surface area contributed by atoms with Gasteiger partial charge in [-0.1, -0.05) is 11.6 Å². The van der Waals surface area contributed by atoms with Crippen molar-refractivity contribution in [1.29, 1.82) is 0 Å². The molecule has 0 bridgehead atoms. The van der Waals surface area contributed by atoms with Crippen LogP contribution in [0.2, 0.25) is 5.02 Å². The zero-order valence-electron chi connectivity index (χ0n) is 9.38. The van der Waals surface area contributed by atoms with Crippen LogP contribution in [0.4, 0.5) is 8.78 Å². The van der Waals surface area contributed by atoms with Gasteiger partial charge in [-0.05, 0) is 59.0 Å². The highest BCUT2D eigenvalue weighted by atomic mass is 127. The van der Waals surface area contributed by atoms with Gasteiger partial charge in [0, 0.05) is 5.56 Å². The first-order chi connectivity index (χ1) is 9.08. The van der Waals surface area contributed by atoms with Crippen LogP contribution in [0.25, 0.3) is 22.3 Å². The van der Waals surface area contributed by atoms with E-state index < -0.39 is 5.82 Å². The van der Waals surface area contributed by atoms with Crippen LogP contribution in [-0.4, -0.2) is 0 Å². The largest absolute Gasteiger partial charge is 0.455 e. The lowest BCUT2D eigenvalue weighted by Gasteiger charge is -1.97. The molecule has 19 heavy (non-hydrogen) atoms. The minimum Gasteiger partial charge on any atom is -0.455 e. The maximum atomic E-state index is 14.0. The second-order valence-electron chi connectivity index (χ2n) is 3.99. The molecule has 0 saturated heterocycles. The molecule has 1 nitrogen and oxygen atoms in total. The zero-order valence-corrected chi connectivity index (χ0v) is 12.3. The van der Waals surface area contributed by atoms with Gasteiger partial charge in [-0.15, -0.1) is 0 Å². The van der Waals surface area contributed by atoms with E-state index in [1.54, 1.807) is 18.2 Å². The third-order valence-corrected chi connectivity index (χ3v) is 4.12. The molecule has 0 N–H and O–H groups in total. The molecule has 0 amide bonds. The summed E-state index contributed by atoms with van der Waals surface area (Å²) < 4.78 is 33.2. The molecule has 96 valence electrons. The summed E-state index contributed by atoms with van der Waals surface area (Å²) in [5.41, 5.74) is 1.11. The van der Waals surface area contributed by atoms with Crippen LogP contribution in [0.15, 0.2) is 40.8 Å². The first kappa shape index (κ1) is 12.9. The number of rotatable bonds is 1. The molecule has 0 atom stereocenters. The molecule has 0 unspecified atom stereocenters. The van der Waals surface area contributed by atoms with Gasteiger partial charge < -0.3 is 4.42 Å². The fourth-order valence-corrected chi connectivity index (χ4v) is 2.96. The first-order valence-corrected chi connectivity index (χ1v) is 6.85. The molecule has 3 aromatic rings. The van der Waals surface area contributed by atoms with E-state index in [-0.39, 0.29) is 10.8 Å². The van der Waals surface area contributed by atoms with Crippen molar-refractivity contribution in [3.63, 3.8) is 0 Å². The lowest BCUT2D eigenvalue weighted by Crippen LogP contribution is -1.81. The van der Waals surface area contributed by atoms with E-state index in [1.165, 1.54) is 18.2 Å². The molecule has 0 radical (unpaired) electrons. The third-order valence-electron chi connectivity index (χ3n) is 2.79. The summed E-state index contributed by atoms with van der Waals surface area (Å²) in [7, 11) is 0. The summed E-state index contributed by atoms with van der Waals surface area (Å²) in [5.74, 6) is -0.318. The highest BCUT2D eigenvalue weighted by Crippen LogP contribution is 2.37. The summed E-state index contributed by atoms with van der Waals surface area (Å²) in [6.07, 6.45) is 0. The Labute approximate surface area is 126 Å². The Balaban J connectivity index is 2.28. The Hall–Kier alpha value is -1.14. The van der Waals surface area contributed by atoms with Crippen LogP contribution in [0, 0.1) is 15.2 Å². The van der Waals surface area contributed by atoms with Crippen molar-refractivity contribution in [2.75, 3.05) is 0 Å². The maximum absolute atomic E-state index is 14.0. The molecule has 1 aromatic heterocycles. The van der Waals surface area contributed by atoms with Crippen LogP contribution in [0.3, 0.4) is 0 Å². The Morgan fingerprint density at radius 3 is 2.37 bits per heavy atom. The van der Waals surface area contributed by atoms with Crippen molar-refractivity contribution < 1.29 is 13.2 Å². The summed E-state index contributed by atoms with van der Waals surface area (Å²) in [6, 6.07) is 8.93. The number of fused-ring (bicyclic) bond motifs is 1. The predicted molar refractivity (Wildman–Crippen MR) is 79.3 cm³/mol. The summed E-state index contributed by atoms with van der Waals surface area (Å²) in [5, 5.41) is 0.407. The minimum absolute atomic E-state index is 0.0527. The van der Waals surface area contributed by atoms with Crippen molar-refractivity contribution in [2.24, 2.45) is 0 Å². The number of halogens is 4. The molecule has 0 aliphatic carbocycles. The van der Waals surface area contributed by atoms with Gasteiger partial charge in [0.1, 0.15) is 17.2 Å². The molecule has 0 aliphatic heterocycles. The van der Waals surface area contributed by atoms with Gasteiger partial charge in [-0.2, -0.15) is 0 Å². The molecule has 1 heterocycles. The summed E-state index contributed by atoms with van der Waals surface area (Å²) in [6.45, 7) is 0. The highest BCUT2D eigenvalue weighted by molar-refractivity contribution is 14.1. The zero-order chi connectivity index (χ0) is 13.6. The molecule has 2 aromatic carbocycles. The summed E-state index contributed by atoms with van der Waals surface area (Å²) in [4.78, 5) is 0. The number of benzene rings is 2. The Kier molecular flexibility index (Phi) is 3.22. The lowest BCUT2D eigenvalue weighted by atomic mass is 10.1. The molecular weight excluding hydrogens is 385 g/mol. The van der Waals surface area contributed by atoms with Crippen LogP contribution < -0.4 is 0 Å². The fraction of sp³-hybridized carbons (Fsp3) is 0. The van der Waals surface area contributed by atoms with Crippen molar-refractivity contribution in [3.05, 3.63) is 56.6 Å². The van der Waals surface area contributed by atoms with Gasteiger partial charge in [0.25, 0.3) is 0 Å². The van der Waals surface area contributed by atoms with Crippen LogP contribution in [0.1, 0.15) is 0 Å². The Morgan fingerprint density at radius 2 is 1.68 bits per heavy atom. The Bertz CT molecular complexity index is 765. The number of furan rings is 1. The summed E-state index contributed by atoms with van der Waals surface area (Å²) >= 11 is 7.77. The van der Waals surface area contributed by atoms with Gasteiger partial charge in [-0.3, -0.25) is 0 Å². The normalized spacial score (nSPS) is 11.2. The van der Waals surface area contributed by atoms with Crippen molar-refractivity contribution in [2.45, 2.75) is 0 Å². The topological polar surface area (TPSA) is 13.1 Å². The monoisotopic (exact) mass is 390 g/mol. The van der Waals surface area contributed by atoms with Crippen LogP contribution in [0.5, 0.6) is 0 Å². The van der Waals surface area contributed by atoms with E-state index >= 15 is 0 Å². The van der Waals surface area contributed by atoms with Gasteiger partial charge in [0.2, 0.25) is 0 Å². The van der Waals surface area contributed by atoms with Crippen LogP contribution in [-0.2, 0) is 0 Å². The van der Waals surface area contributed by atoms with E-state index in [2.05, 4.69) is 0 Å². The molecular formula is C14H6ClF2IO. The molecule has 5 heteroatoms. The van der Waals surface area contributed by atoms with Gasteiger partial charge in [-0.25, -0.2) is 8.78 Å². The predicted octanol–water partition coefficient (Wildman–Crippen LogP) is 5.64. The van der Waals surface area contributed by atoms with E-state index in [9.17, 15) is 8.78 Å². The number of hydrogen-bond acceptors (Lipinski definition) is 1.